The van der Waals surface area contributed by atoms with Gasteiger partial charge in [0.05, 0.1) is 10.2 Å². The first-order chi connectivity index (χ1) is 13.1. The van der Waals surface area contributed by atoms with Gasteiger partial charge in [0.1, 0.15) is 5.75 Å². The first-order valence-corrected chi connectivity index (χ1v) is 11.3. The lowest BCUT2D eigenvalue weighted by molar-refractivity contribution is -0.120. The van der Waals surface area contributed by atoms with Crippen LogP contribution in [0.2, 0.25) is 5.02 Å². The van der Waals surface area contributed by atoms with Crippen LogP contribution < -0.4 is 9.54 Å². The van der Waals surface area contributed by atoms with Crippen LogP contribution in [0.25, 0.3) is 10.2 Å². The fraction of sp³-hybridized carbons (Fsp3) is 0.300. The van der Waals surface area contributed by atoms with Crippen LogP contribution in [0.15, 0.2) is 47.5 Å². The molecule has 0 spiro atoms. The van der Waals surface area contributed by atoms with Gasteiger partial charge in [-0.05, 0) is 54.6 Å². The van der Waals surface area contributed by atoms with Gasteiger partial charge in [-0.15, -0.1) is 0 Å². The van der Waals surface area contributed by atoms with Gasteiger partial charge < -0.3 is 9.30 Å². The molecule has 0 bridgehead atoms. The van der Waals surface area contributed by atoms with Gasteiger partial charge >= 0.3 is 0 Å². The number of carbonyl (C=O) groups excluding carboxylic acids is 1. The molecule has 1 amide bonds. The highest BCUT2D eigenvalue weighted by Gasteiger charge is 2.09. The van der Waals surface area contributed by atoms with Crippen LogP contribution in [0.4, 0.5) is 0 Å². The minimum Gasteiger partial charge on any atom is -0.484 e. The standard InChI is InChI=1S/C20H21ClN2O2S2/c1-3-14-4-9-17-18(12-14)27-20(23(17)10-11-26-2)22-19(24)13-25-16-7-5-15(21)6-8-16/h4-9,12H,3,10-11,13H2,1-2H3. The van der Waals surface area contributed by atoms with E-state index in [4.69, 9.17) is 16.3 Å². The quantitative estimate of drug-likeness (QED) is 0.552. The van der Waals surface area contributed by atoms with Crippen LogP contribution in [0, 0.1) is 0 Å². The number of fused-ring (bicyclic) bond motifs is 1. The van der Waals surface area contributed by atoms with Gasteiger partial charge in [0.25, 0.3) is 5.91 Å². The average molecular weight is 421 g/mol. The number of hydrogen-bond acceptors (Lipinski definition) is 4. The molecule has 0 aliphatic carbocycles. The number of rotatable bonds is 7. The van der Waals surface area contributed by atoms with Crippen molar-refractivity contribution in [2.24, 2.45) is 4.99 Å². The molecular formula is C20H21ClN2O2S2. The molecule has 0 atom stereocenters. The molecule has 0 aliphatic heterocycles. The lowest BCUT2D eigenvalue weighted by atomic mass is 10.2. The van der Waals surface area contributed by atoms with Crippen LogP contribution in [0.3, 0.4) is 0 Å². The summed E-state index contributed by atoms with van der Waals surface area (Å²) >= 11 is 9.18. The molecule has 0 saturated heterocycles. The predicted octanol–water partition coefficient (Wildman–Crippen LogP) is 4.79. The number of thioether (sulfide) groups is 1. The largest absolute Gasteiger partial charge is 0.484 e. The number of benzene rings is 2. The van der Waals surface area contributed by atoms with Gasteiger partial charge in [-0.2, -0.15) is 16.8 Å². The van der Waals surface area contributed by atoms with Crippen LogP contribution in [-0.2, 0) is 17.8 Å². The van der Waals surface area contributed by atoms with Crippen LogP contribution in [0.1, 0.15) is 12.5 Å². The molecule has 2 aromatic carbocycles. The SMILES string of the molecule is CCc1ccc2c(c1)sc(=NC(=O)COc1ccc(Cl)cc1)n2CCSC. The summed E-state index contributed by atoms with van der Waals surface area (Å²) in [5.74, 6) is 1.26. The molecule has 1 heterocycles. The van der Waals surface area contributed by atoms with Gasteiger partial charge in [0, 0.05) is 17.3 Å². The third-order valence-electron chi connectivity index (χ3n) is 4.07. The highest BCUT2D eigenvalue weighted by Crippen LogP contribution is 2.20. The molecule has 3 rings (SSSR count). The highest BCUT2D eigenvalue weighted by molar-refractivity contribution is 7.98. The average Bonchev–Trinajstić information content (AvgIpc) is 3.01. The minimum absolute atomic E-state index is 0.0986. The number of nitrogens with zero attached hydrogens (tertiary/aromatic N) is 2. The van der Waals surface area contributed by atoms with E-state index in [1.165, 1.54) is 5.56 Å². The lowest BCUT2D eigenvalue weighted by Gasteiger charge is -2.05. The summed E-state index contributed by atoms with van der Waals surface area (Å²) in [7, 11) is 0. The maximum absolute atomic E-state index is 12.3. The van der Waals surface area contributed by atoms with Crippen molar-refractivity contribution < 1.29 is 9.53 Å². The molecule has 0 fully saturated rings. The monoisotopic (exact) mass is 420 g/mol. The van der Waals surface area contributed by atoms with Crippen molar-refractivity contribution in [3.63, 3.8) is 0 Å². The zero-order valence-electron chi connectivity index (χ0n) is 15.3. The van der Waals surface area contributed by atoms with Crippen molar-refractivity contribution in [2.45, 2.75) is 19.9 Å². The highest BCUT2D eigenvalue weighted by atomic mass is 35.5. The molecule has 1 aromatic heterocycles. The van der Waals surface area contributed by atoms with E-state index in [0.717, 1.165) is 33.7 Å². The number of amides is 1. The molecule has 0 radical (unpaired) electrons. The Bertz CT molecular complexity index is 993. The number of carbonyl (C=O) groups is 1. The molecule has 142 valence electrons. The van der Waals surface area contributed by atoms with Gasteiger partial charge in [0.15, 0.2) is 11.4 Å². The van der Waals surface area contributed by atoms with Crippen LogP contribution in [0.5, 0.6) is 5.75 Å². The number of aryl methyl sites for hydroxylation is 2. The van der Waals surface area contributed by atoms with Crippen molar-refractivity contribution in [1.29, 1.82) is 0 Å². The zero-order valence-corrected chi connectivity index (χ0v) is 17.7. The molecule has 0 N–H and O–H groups in total. The number of aromatic nitrogens is 1. The second-order valence-corrected chi connectivity index (χ2v) is 8.36. The van der Waals surface area contributed by atoms with Crippen molar-refractivity contribution >= 4 is 50.8 Å². The first-order valence-electron chi connectivity index (χ1n) is 8.68. The minimum atomic E-state index is -0.301. The maximum Gasteiger partial charge on any atom is 0.286 e. The zero-order chi connectivity index (χ0) is 19.2. The Balaban J connectivity index is 1.86. The van der Waals surface area contributed by atoms with E-state index in [1.807, 2.05) is 0 Å². The van der Waals surface area contributed by atoms with E-state index >= 15 is 0 Å². The Morgan fingerprint density at radius 2 is 2.04 bits per heavy atom. The maximum atomic E-state index is 12.3. The molecular weight excluding hydrogens is 400 g/mol. The predicted molar refractivity (Wildman–Crippen MR) is 115 cm³/mol. The third-order valence-corrected chi connectivity index (χ3v) is 5.95. The normalized spacial score (nSPS) is 11.9. The fourth-order valence-corrected chi connectivity index (χ4v) is 4.26. The van der Waals surface area contributed by atoms with E-state index in [2.05, 4.69) is 40.9 Å². The molecule has 0 unspecified atom stereocenters. The van der Waals surface area contributed by atoms with Crippen molar-refractivity contribution in [2.75, 3.05) is 18.6 Å². The topological polar surface area (TPSA) is 43.6 Å². The van der Waals surface area contributed by atoms with E-state index in [-0.39, 0.29) is 12.5 Å². The lowest BCUT2D eigenvalue weighted by Crippen LogP contribution is -2.20. The third kappa shape index (κ3) is 5.15. The Labute approximate surface area is 171 Å². The van der Waals surface area contributed by atoms with Gasteiger partial charge in [-0.25, -0.2) is 0 Å². The summed E-state index contributed by atoms with van der Waals surface area (Å²) in [4.78, 5) is 17.4. The van der Waals surface area contributed by atoms with Gasteiger partial charge in [0.2, 0.25) is 0 Å². The first kappa shape index (κ1) is 20.0. The fourth-order valence-electron chi connectivity index (χ4n) is 2.64. The van der Waals surface area contributed by atoms with Crippen LogP contribution in [-0.4, -0.2) is 29.1 Å². The molecule has 27 heavy (non-hydrogen) atoms. The van der Waals surface area contributed by atoms with Crippen molar-refractivity contribution in [3.05, 3.63) is 57.9 Å². The van der Waals surface area contributed by atoms with Crippen molar-refractivity contribution in [3.8, 4) is 5.75 Å². The molecule has 3 aromatic rings. The smallest absolute Gasteiger partial charge is 0.286 e. The summed E-state index contributed by atoms with van der Waals surface area (Å²) in [6, 6.07) is 13.4. The molecule has 4 nitrogen and oxygen atoms in total. The molecule has 0 aliphatic rings. The summed E-state index contributed by atoms with van der Waals surface area (Å²) in [6.45, 7) is 2.86. The number of hydrogen-bond donors (Lipinski definition) is 0. The number of thiazole rings is 1. The van der Waals surface area contributed by atoms with E-state index in [1.54, 1.807) is 47.4 Å². The van der Waals surface area contributed by atoms with Crippen molar-refractivity contribution in [1.82, 2.24) is 4.57 Å². The number of halogens is 1. The summed E-state index contributed by atoms with van der Waals surface area (Å²) in [5, 5.41) is 0.630. The Kier molecular flexibility index (Phi) is 6.99. The Hall–Kier alpha value is -1.76. The summed E-state index contributed by atoms with van der Waals surface area (Å²) in [5.41, 5.74) is 2.40. The second-order valence-electron chi connectivity index (χ2n) is 5.93. The van der Waals surface area contributed by atoms with Crippen LogP contribution >= 0.6 is 34.7 Å². The van der Waals surface area contributed by atoms with E-state index in [0.29, 0.717) is 10.8 Å². The second kappa shape index (κ2) is 9.44. The number of ether oxygens (including phenoxy) is 1. The summed E-state index contributed by atoms with van der Waals surface area (Å²) in [6.07, 6.45) is 3.06. The van der Waals surface area contributed by atoms with Gasteiger partial charge in [-0.1, -0.05) is 35.9 Å². The van der Waals surface area contributed by atoms with E-state index < -0.39 is 0 Å². The summed E-state index contributed by atoms with van der Waals surface area (Å²) < 4.78 is 8.79. The Morgan fingerprint density at radius 1 is 1.26 bits per heavy atom. The molecule has 0 saturated carbocycles. The van der Waals surface area contributed by atoms with Gasteiger partial charge in [-0.3, -0.25) is 4.79 Å². The Morgan fingerprint density at radius 3 is 2.74 bits per heavy atom. The molecule has 7 heteroatoms. The van der Waals surface area contributed by atoms with E-state index in [9.17, 15) is 4.79 Å².